The highest BCUT2D eigenvalue weighted by atomic mass is 32.1. The number of hydrogen-bond donors (Lipinski definition) is 3. The summed E-state index contributed by atoms with van der Waals surface area (Å²) in [6.07, 6.45) is 0. The molecule has 0 saturated carbocycles. The Morgan fingerprint density at radius 3 is 2.67 bits per heavy atom. The molecule has 1 atom stereocenters. The molecule has 0 bridgehead atoms. The molecule has 0 aliphatic carbocycles. The first kappa shape index (κ1) is 18.5. The van der Waals surface area contributed by atoms with Crippen molar-refractivity contribution in [3.63, 3.8) is 0 Å². The number of aliphatic hydroxyl groups is 1. The molecule has 0 aliphatic heterocycles. The van der Waals surface area contributed by atoms with Gasteiger partial charge in [0.25, 0.3) is 0 Å². The summed E-state index contributed by atoms with van der Waals surface area (Å²) in [6, 6.07) is 8.36. The zero-order chi connectivity index (χ0) is 17.6. The highest BCUT2D eigenvalue weighted by molar-refractivity contribution is 7.08. The summed E-state index contributed by atoms with van der Waals surface area (Å²) in [5.74, 6) is 0.716. The Hall–Kier alpha value is -1.85. The van der Waals surface area contributed by atoms with Crippen LogP contribution in [0, 0.1) is 13.8 Å². The molecule has 2 rings (SSSR count). The Labute approximate surface area is 148 Å². The number of rotatable bonds is 6. The van der Waals surface area contributed by atoms with E-state index in [2.05, 4.69) is 47.7 Å². The van der Waals surface area contributed by atoms with Crippen LogP contribution >= 0.6 is 11.3 Å². The summed E-state index contributed by atoms with van der Waals surface area (Å²) >= 11 is 1.59. The van der Waals surface area contributed by atoms with Gasteiger partial charge in [0.15, 0.2) is 5.96 Å². The molecule has 1 heterocycles. The van der Waals surface area contributed by atoms with E-state index in [1.54, 1.807) is 11.3 Å². The summed E-state index contributed by atoms with van der Waals surface area (Å²) in [6.45, 7) is 9.85. The molecule has 1 aromatic carbocycles. The predicted octanol–water partition coefficient (Wildman–Crippen LogP) is 3.33. The largest absolute Gasteiger partial charge is 0.384 e. The Balaban J connectivity index is 2.03. The minimum atomic E-state index is -0.921. The number of guanidine groups is 1. The zero-order valence-electron chi connectivity index (χ0n) is 14.9. The summed E-state index contributed by atoms with van der Waals surface area (Å²) in [5, 5.41) is 21.0. The van der Waals surface area contributed by atoms with E-state index in [1.807, 2.05) is 30.7 Å². The number of nitrogens with one attached hydrogen (secondary N) is 2. The van der Waals surface area contributed by atoms with Crippen molar-refractivity contribution >= 4 is 17.3 Å². The van der Waals surface area contributed by atoms with Crippen LogP contribution in [0.25, 0.3) is 0 Å². The normalized spacial score (nSPS) is 14.3. The lowest BCUT2D eigenvalue weighted by molar-refractivity contribution is 0.0621. The second-order valence-corrected chi connectivity index (χ2v) is 7.04. The molecule has 3 N–H and O–H groups in total. The molecule has 0 fully saturated rings. The summed E-state index contributed by atoms with van der Waals surface area (Å²) in [7, 11) is 0. The number of thiophene rings is 1. The second kappa shape index (κ2) is 8.31. The van der Waals surface area contributed by atoms with Crippen molar-refractivity contribution < 1.29 is 5.11 Å². The van der Waals surface area contributed by atoms with Crippen molar-refractivity contribution in [2.24, 2.45) is 4.99 Å². The first-order valence-corrected chi connectivity index (χ1v) is 9.20. The summed E-state index contributed by atoms with van der Waals surface area (Å²) in [5.41, 5.74) is 3.72. The van der Waals surface area contributed by atoms with E-state index in [0.29, 0.717) is 19.0 Å². The van der Waals surface area contributed by atoms with Crippen LogP contribution in [-0.2, 0) is 12.1 Å². The third-order valence-corrected chi connectivity index (χ3v) is 4.68. The topological polar surface area (TPSA) is 56.7 Å². The maximum atomic E-state index is 10.6. The van der Waals surface area contributed by atoms with Gasteiger partial charge in [0.1, 0.15) is 5.60 Å². The number of benzene rings is 1. The summed E-state index contributed by atoms with van der Waals surface area (Å²) < 4.78 is 0. The zero-order valence-corrected chi connectivity index (χ0v) is 15.7. The fourth-order valence-electron chi connectivity index (χ4n) is 2.46. The molecule has 1 unspecified atom stereocenters. The van der Waals surface area contributed by atoms with Crippen molar-refractivity contribution in [3.8, 4) is 0 Å². The minimum absolute atomic E-state index is 0.405. The fourth-order valence-corrected chi connectivity index (χ4v) is 3.24. The van der Waals surface area contributed by atoms with Crippen molar-refractivity contribution in [1.82, 2.24) is 10.6 Å². The SMILES string of the molecule is CCNC(=NCc1ccc(C)cc1C)NCC(C)(O)c1ccsc1. The van der Waals surface area contributed by atoms with E-state index >= 15 is 0 Å². The van der Waals surface area contributed by atoms with Crippen LogP contribution in [0.3, 0.4) is 0 Å². The lowest BCUT2D eigenvalue weighted by Crippen LogP contribution is -2.44. The lowest BCUT2D eigenvalue weighted by atomic mass is 9.99. The number of hydrogen-bond acceptors (Lipinski definition) is 3. The van der Waals surface area contributed by atoms with E-state index < -0.39 is 5.60 Å². The molecule has 5 heteroatoms. The lowest BCUT2D eigenvalue weighted by Gasteiger charge is -2.24. The average Bonchev–Trinajstić information content (AvgIpc) is 3.07. The van der Waals surface area contributed by atoms with Gasteiger partial charge in [-0.3, -0.25) is 0 Å². The fraction of sp³-hybridized carbons (Fsp3) is 0.421. The van der Waals surface area contributed by atoms with Crippen LogP contribution in [0.1, 0.15) is 36.1 Å². The second-order valence-electron chi connectivity index (χ2n) is 6.26. The molecule has 130 valence electrons. The molecular formula is C19H27N3OS. The number of nitrogens with zero attached hydrogens (tertiary/aromatic N) is 1. The molecule has 0 amide bonds. The Morgan fingerprint density at radius 2 is 2.04 bits per heavy atom. The van der Waals surface area contributed by atoms with Crippen LogP contribution < -0.4 is 10.6 Å². The number of aryl methyl sites for hydroxylation is 2. The number of aliphatic imine (C=N–C) groups is 1. The summed E-state index contributed by atoms with van der Waals surface area (Å²) in [4.78, 5) is 4.64. The van der Waals surface area contributed by atoms with Gasteiger partial charge in [0.2, 0.25) is 0 Å². The van der Waals surface area contributed by atoms with Crippen LogP contribution in [-0.4, -0.2) is 24.2 Å². The van der Waals surface area contributed by atoms with Gasteiger partial charge in [-0.1, -0.05) is 23.8 Å². The minimum Gasteiger partial charge on any atom is -0.384 e. The molecule has 0 radical (unpaired) electrons. The first-order chi connectivity index (χ1) is 11.4. The van der Waals surface area contributed by atoms with Gasteiger partial charge >= 0.3 is 0 Å². The van der Waals surface area contributed by atoms with Crippen molar-refractivity contribution in [3.05, 3.63) is 57.3 Å². The van der Waals surface area contributed by atoms with Crippen LogP contribution in [0.4, 0.5) is 0 Å². The van der Waals surface area contributed by atoms with E-state index in [4.69, 9.17) is 0 Å². The van der Waals surface area contributed by atoms with Gasteiger partial charge in [-0.2, -0.15) is 11.3 Å². The van der Waals surface area contributed by atoms with Gasteiger partial charge in [-0.05, 0) is 61.2 Å². The molecule has 24 heavy (non-hydrogen) atoms. The predicted molar refractivity (Wildman–Crippen MR) is 103 cm³/mol. The van der Waals surface area contributed by atoms with Crippen LogP contribution in [0.15, 0.2) is 40.0 Å². The third kappa shape index (κ3) is 5.08. The highest BCUT2D eigenvalue weighted by Gasteiger charge is 2.23. The monoisotopic (exact) mass is 345 g/mol. The van der Waals surface area contributed by atoms with Crippen molar-refractivity contribution in [2.75, 3.05) is 13.1 Å². The third-order valence-electron chi connectivity index (χ3n) is 3.99. The van der Waals surface area contributed by atoms with Crippen LogP contribution in [0.5, 0.6) is 0 Å². The van der Waals surface area contributed by atoms with E-state index in [-0.39, 0.29) is 0 Å². The molecule has 2 aromatic rings. The molecular weight excluding hydrogens is 318 g/mol. The Morgan fingerprint density at radius 1 is 1.25 bits per heavy atom. The average molecular weight is 346 g/mol. The van der Waals surface area contributed by atoms with Crippen molar-refractivity contribution in [1.29, 1.82) is 0 Å². The van der Waals surface area contributed by atoms with E-state index in [1.165, 1.54) is 16.7 Å². The van der Waals surface area contributed by atoms with Gasteiger partial charge in [0.05, 0.1) is 13.1 Å². The van der Waals surface area contributed by atoms with E-state index in [0.717, 1.165) is 12.1 Å². The molecule has 0 spiro atoms. The van der Waals surface area contributed by atoms with Gasteiger partial charge in [0, 0.05) is 6.54 Å². The first-order valence-electron chi connectivity index (χ1n) is 8.25. The molecule has 0 saturated heterocycles. The van der Waals surface area contributed by atoms with Gasteiger partial charge in [-0.25, -0.2) is 4.99 Å². The Bertz CT molecular complexity index is 678. The van der Waals surface area contributed by atoms with E-state index in [9.17, 15) is 5.11 Å². The van der Waals surface area contributed by atoms with Gasteiger partial charge in [-0.15, -0.1) is 0 Å². The maximum absolute atomic E-state index is 10.6. The Kier molecular flexibility index (Phi) is 6.40. The highest BCUT2D eigenvalue weighted by Crippen LogP contribution is 2.22. The smallest absolute Gasteiger partial charge is 0.191 e. The molecule has 0 aliphatic rings. The van der Waals surface area contributed by atoms with Gasteiger partial charge < -0.3 is 15.7 Å². The van der Waals surface area contributed by atoms with Crippen LogP contribution in [0.2, 0.25) is 0 Å². The molecule has 4 nitrogen and oxygen atoms in total. The molecule has 1 aromatic heterocycles. The standard InChI is InChI=1S/C19H27N3OS/c1-5-20-18(21-11-16-7-6-14(2)10-15(16)3)22-13-19(4,23)17-8-9-24-12-17/h6-10,12,23H,5,11,13H2,1-4H3,(H2,20,21,22). The maximum Gasteiger partial charge on any atom is 0.191 e. The quantitative estimate of drug-likeness (QED) is 0.556. The van der Waals surface area contributed by atoms with Crippen molar-refractivity contribution in [2.45, 2.75) is 39.8 Å².